The Morgan fingerprint density at radius 3 is 1.80 bits per heavy atom. The van der Waals surface area contributed by atoms with E-state index in [1.807, 2.05) is 27.7 Å². The van der Waals surface area contributed by atoms with Crippen molar-refractivity contribution in [2.24, 2.45) is 29.4 Å². The van der Waals surface area contributed by atoms with Crippen LogP contribution in [-0.2, 0) is 35.1 Å². The molecule has 0 aliphatic carbocycles. The van der Waals surface area contributed by atoms with Crippen LogP contribution >= 0.6 is 0 Å². The van der Waals surface area contributed by atoms with Crippen molar-refractivity contribution in [1.82, 2.24) is 0 Å². The van der Waals surface area contributed by atoms with Crippen molar-refractivity contribution in [2.75, 3.05) is 6.61 Å². The summed E-state index contributed by atoms with van der Waals surface area (Å²) in [5.74, 6) is -2.48. The fraction of sp³-hybridized carbons (Fsp3) is 0.615. The van der Waals surface area contributed by atoms with E-state index in [2.05, 4.69) is 0 Å². The van der Waals surface area contributed by atoms with E-state index in [0.29, 0.717) is 5.56 Å². The first-order valence-corrected chi connectivity index (χ1v) is 11.9. The molecule has 0 saturated heterocycles. The third kappa shape index (κ3) is 10.1. The molecule has 0 radical (unpaired) electrons. The zero-order valence-corrected chi connectivity index (χ0v) is 22.0. The lowest BCUT2D eigenvalue weighted by molar-refractivity contribution is -0.157. The molecule has 0 bridgehead atoms. The van der Waals surface area contributed by atoms with Gasteiger partial charge in [-0.25, -0.2) is 0 Å². The van der Waals surface area contributed by atoms with Crippen LogP contribution in [0.15, 0.2) is 18.2 Å². The molecule has 0 spiro atoms. The molecule has 0 aliphatic heterocycles. The normalized spacial score (nSPS) is 14.6. The molecule has 0 heterocycles. The quantitative estimate of drug-likeness (QED) is 0.343. The van der Waals surface area contributed by atoms with Gasteiger partial charge in [-0.2, -0.15) is 0 Å². The smallest absolute Gasteiger partial charge is 0.323 e. The van der Waals surface area contributed by atoms with Gasteiger partial charge in [-0.05, 0) is 42.9 Å². The van der Waals surface area contributed by atoms with Crippen LogP contribution in [0.2, 0.25) is 0 Å². The van der Waals surface area contributed by atoms with Gasteiger partial charge in [0.05, 0.1) is 11.8 Å². The number of carbonyl (C=O) groups is 4. The van der Waals surface area contributed by atoms with Crippen LogP contribution in [0.1, 0.15) is 61.0 Å². The molecule has 1 aromatic rings. The molecular weight excluding hydrogens is 454 g/mol. The van der Waals surface area contributed by atoms with E-state index in [1.54, 1.807) is 26.8 Å². The van der Waals surface area contributed by atoms with Gasteiger partial charge in [-0.3, -0.25) is 19.2 Å². The Morgan fingerprint density at radius 2 is 1.31 bits per heavy atom. The number of rotatable bonds is 12. The van der Waals surface area contributed by atoms with Crippen molar-refractivity contribution < 1.29 is 38.1 Å². The van der Waals surface area contributed by atoms with Crippen molar-refractivity contribution in [3.8, 4) is 11.5 Å². The van der Waals surface area contributed by atoms with Crippen LogP contribution in [0.3, 0.4) is 0 Å². The lowest BCUT2D eigenvalue weighted by Crippen LogP contribution is -2.36. The summed E-state index contributed by atoms with van der Waals surface area (Å²) in [4.78, 5) is 48.4. The molecular formula is C26H39NO8. The highest BCUT2D eigenvalue weighted by Gasteiger charge is 2.25. The average molecular weight is 494 g/mol. The lowest BCUT2D eigenvalue weighted by atomic mass is 9.98. The zero-order valence-electron chi connectivity index (χ0n) is 22.0. The predicted molar refractivity (Wildman–Crippen MR) is 130 cm³/mol. The monoisotopic (exact) mass is 493 g/mol. The predicted octanol–water partition coefficient (Wildman–Crippen LogP) is 3.45. The molecule has 9 nitrogen and oxygen atoms in total. The molecule has 2 N–H and O–H groups in total. The lowest BCUT2D eigenvalue weighted by Gasteiger charge is -2.19. The Kier molecular flexibility index (Phi) is 11.9. The molecule has 9 heteroatoms. The highest BCUT2D eigenvalue weighted by molar-refractivity contribution is 5.79. The maximum atomic E-state index is 12.6. The van der Waals surface area contributed by atoms with Gasteiger partial charge in [0.25, 0.3) is 0 Å². The Bertz CT molecular complexity index is 895. The molecule has 0 amide bonds. The first-order chi connectivity index (χ1) is 16.2. The maximum absolute atomic E-state index is 12.6. The second kappa shape index (κ2) is 13.8. The number of benzene rings is 1. The van der Waals surface area contributed by atoms with Crippen LogP contribution in [0.5, 0.6) is 11.5 Å². The van der Waals surface area contributed by atoms with Crippen LogP contribution in [0.4, 0.5) is 0 Å². The van der Waals surface area contributed by atoms with E-state index in [0.717, 1.165) is 0 Å². The largest absolute Gasteiger partial charge is 0.461 e. The van der Waals surface area contributed by atoms with Crippen molar-refractivity contribution in [1.29, 1.82) is 0 Å². The summed E-state index contributed by atoms with van der Waals surface area (Å²) < 4.78 is 21.2. The van der Waals surface area contributed by atoms with E-state index in [1.165, 1.54) is 19.1 Å². The number of carbonyl (C=O) groups excluding carboxylic acids is 4. The molecule has 1 aromatic carbocycles. The van der Waals surface area contributed by atoms with Gasteiger partial charge in [0.1, 0.15) is 18.8 Å². The van der Waals surface area contributed by atoms with Gasteiger partial charge in [0, 0.05) is 6.92 Å². The van der Waals surface area contributed by atoms with E-state index in [9.17, 15) is 19.2 Å². The van der Waals surface area contributed by atoms with Gasteiger partial charge >= 0.3 is 23.9 Å². The molecule has 0 fully saturated rings. The van der Waals surface area contributed by atoms with Gasteiger partial charge < -0.3 is 24.7 Å². The molecule has 1 rings (SSSR count). The molecule has 2 unspecified atom stereocenters. The molecule has 0 aliphatic rings. The van der Waals surface area contributed by atoms with Crippen molar-refractivity contribution >= 4 is 23.9 Å². The maximum Gasteiger partial charge on any atom is 0.323 e. The Hall–Kier alpha value is -2.94. The summed E-state index contributed by atoms with van der Waals surface area (Å²) in [7, 11) is 0. The van der Waals surface area contributed by atoms with Gasteiger partial charge in [0.15, 0.2) is 11.5 Å². The van der Waals surface area contributed by atoms with Gasteiger partial charge in [-0.15, -0.1) is 0 Å². The SMILES string of the molecule is CC(=O)O[C@@H](C)COC(=O)[C@@H](N)Cc1ccc(OC(=O)C(C)C(C)C)c(OC(=O)C(C)C(C)C)c1. The summed E-state index contributed by atoms with van der Waals surface area (Å²) in [6.07, 6.45) is -0.512. The molecule has 4 atom stereocenters. The number of nitrogens with two attached hydrogens (primary N) is 1. The number of ether oxygens (including phenoxy) is 4. The molecule has 0 aromatic heterocycles. The minimum Gasteiger partial charge on any atom is -0.461 e. The fourth-order valence-electron chi connectivity index (χ4n) is 2.75. The first kappa shape index (κ1) is 30.1. The number of hydrogen-bond acceptors (Lipinski definition) is 9. The summed E-state index contributed by atoms with van der Waals surface area (Å²) in [6, 6.07) is 3.68. The summed E-state index contributed by atoms with van der Waals surface area (Å²) in [6.45, 7) is 13.9. The van der Waals surface area contributed by atoms with Crippen LogP contribution < -0.4 is 15.2 Å². The Morgan fingerprint density at radius 1 is 0.800 bits per heavy atom. The Balaban J connectivity index is 3.04. The summed E-state index contributed by atoms with van der Waals surface area (Å²) in [5, 5.41) is 0. The average Bonchev–Trinajstić information content (AvgIpc) is 2.77. The van der Waals surface area contributed by atoms with E-state index in [4.69, 9.17) is 24.7 Å². The van der Waals surface area contributed by atoms with Crippen molar-refractivity contribution in [3.63, 3.8) is 0 Å². The standard InChI is InChI=1S/C26H39NO8/c1-14(2)17(6)24(29)34-22-10-9-20(12-23(22)35-25(30)18(7)15(3)4)11-21(27)26(31)32-13-16(5)33-19(8)28/h9-10,12,14-18,21H,11,13,27H2,1-8H3/t16-,17?,18?,21-/m0/s1. The van der Waals surface area contributed by atoms with Crippen molar-refractivity contribution in [3.05, 3.63) is 23.8 Å². The molecule has 35 heavy (non-hydrogen) atoms. The first-order valence-electron chi connectivity index (χ1n) is 11.9. The van der Waals surface area contributed by atoms with Gasteiger partial charge in [-0.1, -0.05) is 47.6 Å². The van der Waals surface area contributed by atoms with Crippen LogP contribution in [0.25, 0.3) is 0 Å². The summed E-state index contributed by atoms with van der Waals surface area (Å²) >= 11 is 0. The van der Waals surface area contributed by atoms with Crippen molar-refractivity contribution in [2.45, 2.75) is 74.0 Å². The third-order valence-electron chi connectivity index (χ3n) is 5.76. The second-order valence-corrected chi connectivity index (χ2v) is 9.55. The third-order valence-corrected chi connectivity index (χ3v) is 5.76. The topological polar surface area (TPSA) is 131 Å². The number of hydrogen-bond donors (Lipinski definition) is 1. The van der Waals surface area contributed by atoms with Gasteiger partial charge in [0.2, 0.25) is 0 Å². The number of esters is 4. The van der Waals surface area contributed by atoms with Crippen LogP contribution in [0, 0.1) is 23.7 Å². The zero-order chi connectivity index (χ0) is 26.9. The highest BCUT2D eigenvalue weighted by atomic mass is 16.6. The van der Waals surface area contributed by atoms with E-state index in [-0.39, 0.29) is 48.2 Å². The summed E-state index contributed by atoms with van der Waals surface area (Å²) in [5.41, 5.74) is 6.57. The Labute approximate surface area is 207 Å². The molecule has 196 valence electrons. The van der Waals surface area contributed by atoms with E-state index < -0.39 is 36.0 Å². The molecule has 0 saturated carbocycles. The second-order valence-electron chi connectivity index (χ2n) is 9.55. The van der Waals surface area contributed by atoms with Crippen LogP contribution in [-0.4, -0.2) is 42.6 Å². The highest BCUT2D eigenvalue weighted by Crippen LogP contribution is 2.31. The minimum absolute atomic E-state index is 0.0511. The minimum atomic E-state index is -1.01. The fourth-order valence-corrected chi connectivity index (χ4v) is 2.75. The van der Waals surface area contributed by atoms with E-state index >= 15 is 0 Å².